The van der Waals surface area contributed by atoms with Crippen LogP contribution in [-0.2, 0) is 10.3 Å². The molecule has 0 N–H and O–H groups in total. The number of hydrogen-bond donors (Lipinski definition) is 0. The molecule has 0 atom stereocenters. The van der Waals surface area contributed by atoms with Gasteiger partial charge >= 0.3 is 0 Å². The van der Waals surface area contributed by atoms with Crippen LogP contribution in [0.25, 0.3) is 0 Å². The van der Waals surface area contributed by atoms with Gasteiger partial charge in [0.25, 0.3) is 0 Å². The Morgan fingerprint density at radius 2 is 1.74 bits per heavy atom. The molecule has 0 heterocycles. The van der Waals surface area contributed by atoms with Gasteiger partial charge in [0.15, 0.2) is 0 Å². The summed E-state index contributed by atoms with van der Waals surface area (Å²) in [6, 6.07) is 8.83. The average molecular weight is 255 g/mol. The number of rotatable bonds is 3. The predicted molar refractivity (Wildman–Crippen MR) is 75.8 cm³/mol. The van der Waals surface area contributed by atoms with Crippen molar-refractivity contribution in [3.63, 3.8) is 0 Å². The van der Waals surface area contributed by atoms with Crippen molar-refractivity contribution < 1.29 is 4.79 Å². The van der Waals surface area contributed by atoms with E-state index in [1.807, 2.05) is 0 Å². The lowest BCUT2D eigenvalue weighted by molar-refractivity contribution is 0.348. The molecule has 2 fully saturated rings. The van der Waals surface area contributed by atoms with Gasteiger partial charge < -0.3 is 0 Å². The first-order chi connectivity index (χ1) is 9.23. The molecule has 19 heavy (non-hydrogen) atoms. The summed E-state index contributed by atoms with van der Waals surface area (Å²) in [7, 11) is 0. The van der Waals surface area contributed by atoms with Crippen LogP contribution in [0.4, 0.5) is 0 Å². The van der Waals surface area contributed by atoms with Crippen molar-refractivity contribution in [2.75, 3.05) is 0 Å². The van der Waals surface area contributed by atoms with E-state index in [1.165, 1.54) is 36.8 Å². The molecular formula is C17H21NO. The summed E-state index contributed by atoms with van der Waals surface area (Å²) in [4.78, 5) is 14.5. The van der Waals surface area contributed by atoms with Crippen LogP contribution in [0.2, 0.25) is 0 Å². The van der Waals surface area contributed by atoms with Gasteiger partial charge in [0.05, 0.1) is 5.54 Å². The minimum atomic E-state index is -0.221. The number of hydrogen-bond acceptors (Lipinski definition) is 2. The zero-order valence-corrected chi connectivity index (χ0v) is 11.6. The standard InChI is InChI=1S/C17H21NO/c1-13-2-4-14(5-3-13)15-6-8-16(9-7-15)17(10-11-17)18-12-19/h6-9,13-14H,2-5,10-11H2,1H3. The summed E-state index contributed by atoms with van der Waals surface area (Å²) in [5.74, 6) is 1.63. The predicted octanol–water partition coefficient (Wildman–Crippen LogP) is 4.31. The Hall–Kier alpha value is -1.40. The van der Waals surface area contributed by atoms with Crippen molar-refractivity contribution >= 4 is 6.08 Å². The summed E-state index contributed by atoms with van der Waals surface area (Å²) < 4.78 is 0. The highest BCUT2D eigenvalue weighted by Crippen LogP contribution is 2.49. The fourth-order valence-electron chi connectivity index (χ4n) is 3.33. The van der Waals surface area contributed by atoms with Gasteiger partial charge in [0, 0.05) is 0 Å². The van der Waals surface area contributed by atoms with Crippen LogP contribution in [0.1, 0.15) is 62.5 Å². The Morgan fingerprint density at radius 1 is 1.11 bits per heavy atom. The van der Waals surface area contributed by atoms with Crippen molar-refractivity contribution in [3.05, 3.63) is 35.4 Å². The van der Waals surface area contributed by atoms with Gasteiger partial charge in [0.1, 0.15) is 0 Å². The highest BCUT2D eigenvalue weighted by Gasteiger charge is 2.44. The van der Waals surface area contributed by atoms with Crippen molar-refractivity contribution in [1.82, 2.24) is 0 Å². The van der Waals surface area contributed by atoms with Gasteiger partial charge in [-0.3, -0.25) is 0 Å². The Labute approximate surface area is 114 Å². The molecule has 2 saturated carbocycles. The van der Waals surface area contributed by atoms with Gasteiger partial charge in [0.2, 0.25) is 6.08 Å². The highest BCUT2D eigenvalue weighted by molar-refractivity contribution is 5.42. The second kappa shape index (κ2) is 4.94. The molecular weight excluding hydrogens is 234 g/mol. The molecule has 2 heteroatoms. The van der Waals surface area contributed by atoms with E-state index in [0.29, 0.717) is 0 Å². The van der Waals surface area contributed by atoms with E-state index < -0.39 is 0 Å². The monoisotopic (exact) mass is 255 g/mol. The second-order valence-electron chi connectivity index (χ2n) is 6.31. The Morgan fingerprint density at radius 3 is 2.26 bits per heavy atom. The van der Waals surface area contributed by atoms with E-state index in [-0.39, 0.29) is 5.54 Å². The number of carbonyl (C=O) groups excluding carboxylic acids is 1. The SMILES string of the molecule is CC1CCC(c2ccc(C3(N=C=O)CC3)cc2)CC1. The van der Waals surface area contributed by atoms with E-state index in [0.717, 1.165) is 24.7 Å². The Kier molecular flexibility index (Phi) is 3.28. The first kappa shape index (κ1) is 12.6. The first-order valence-corrected chi connectivity index (χ1v) is 7.43. The molecule has 0 radical (unpaired) electrons. The number of nitrogens with zero attached hydrogens (tertiary/aromatic N) is 1. The summed E-state index contributed by atoms with van der Waals surface area (Å²) in [6.45, 7) is 2.35. The van der Waals surface area contributed by atoms with Crippen LogP contribution in [-0.4, -0.2) is 6.08 Å². The topological polar surface area (TPSA) is 29.4 Å². The van der Waals surface area contributed by atoms with Crippen molar-refractivity contribution in [3.8, 4) is 0 Å². The van der Waals surface area contributed by atoms with E-state index in [9.17, 15) is 4.79 Å². The Bertz CT molecular complexity index is 486. The molecule has 0 unspecified atom stereocenters. The molecule has 0 spiro atoms. The third-order valence-corrected chi connectivity index (χ3v) is 4.92. The average Bonchev–Trinajstić information content (AvgIpc) is 3.21. The second-order valence-corrected chi connectivity index (χ2v) is 6.31. The van der Waals surface area contributed by atoms with E-state index in [4.69, 9.17) is 0 Å². The molecule has 0 aromatic heterocycles. The van der Waals surface area contributed by atoms with Crippen LogP contribution in [0.3, 0.4) is 0 Å². The van der Waals surface area contributed by atoms with E-state index in [1.54, 1.807) is 6.08 Å². The summed E-state index contributed by atoms with van der Waals surface area (Å²) in [5.41, 5.74) is 2.42. The van der Waals surface area contributed by atoms with Gasteiger partial charge in [-0.2, -0.15) is 4.99 Å². The zero-order chi connectivity index (χ0) is 13.3. The molecule has 1 aromatic carbocycles. The van der Waals surface area contributed by atoms with Gasteiger partial charge in [-0.05, 0) is 48.6 Å². The fraction of sp³-hybridized carbons (Fsp3) is 0.588. The van der Waals surface area contributed by atoms with Crippen molar-refractivity contribution in [2.45, 2.75) is 56.9 Å². The third kappa shape index (κ3) is 2.50. The number of benzene rings is 1. The highest BCUT2D eigenvalue weighted by atomic mass is 16.1. The van der Waals surface area contributed by atoms with Gasteiger partial charge in [-0.1, -0.05) is 44.0 Å². The molecule has 0 saturated heterocycles. The molecule has 100 valence electrons. The normalized spacial score (nSPS) is 28.5. The zero-order valence-electron chi connectivity index (χ0n) is 11.6. The largest absolute Gasteiger partial charge is 0.235 e. The summed E-state index contributed by atoms with van der Waals surface area (Å²) in [5, 5.41) is 0. The molecule has 2 nitrogen and oxygen atoms in total. The maximum atomic E-state index is 10.5. The quantitative estimate of drug-likeness (QED) is 0.584. The number of aliphatic imine (C=N–C) groups is 1. The van der Waals surface area contributed by atoms with Crippen molar-refractivity contribution in [1.29, 1.82) is 0 Å². The first-order valence-electron chi connectivity index (χ1n) is 7.43. The molecule has 0 bridgehead atoms. The minimum absolute atomic E-state index is 0.221. The molecule has 0 aliphatic heterocycles. The molecule has 0 amide bonds. The molecule has 3 rings (SSSR count). The van der Waals surface area contributed by atoms with Crippen LogP contribution in [0, 0.1) is 5.92 Å². The summed E-state index contributed by atoms with van der Waals surface area (Å²) >= 11 is 0. The summed E-state index contributed by atoms with van der Waals surface area (Å²) in [6.07, 6.45) is 9.05. The van der Waals surface area contributed by atoms with Crippen LogP contribution in [0.15, 0.2) is 29.3 Å². The molecule has 1 aromatic rings. The fourth-order valence-corrected chi connectivity index (χ4v) is 3.33. The van der Waals surface area contributed by atoms with Crippen LogP contribution in [0.5, 0.6) is 0 Å². The lowest BCUT2D eigenvalue weighted by Crippen LogP contribution is -2.11. The lowest BCUT2D eigenvalue weighted by Gasteiger charge is -2.26. The molecule has 2 aliphatic carbocycles. The third-order valence-electron chi connectivity index (χ3n) is 4.92. The molecule has 2 aliphatic rings. The van der Waals surface area contributed by atoms with E-state index >= 15 is 0 Å². The van der Waals surface area contributed by atoms with Crippen LogP contribution >= 0.6 is 0 Å². The maximum Gasteiger partial charge on any atom is 0.235 e. The smallest absolute Gasteiger partial charge is 0.211 e. The minimum Gasteiger partial charge on any atom is -0.211 e. The van der Waals surface area contributed by atoms with Gasteiger partial charge in [-0.25, -0.2) is 4.79 Å². The van der Waals surface area contributed by atoms with Crippen LogP contribution < -0.4 is 0 Å². The van der Waals surface area contributed by atoms with E-state index in [2.05, 4.69) is 36.2 Å². The van der Waals surface area contributed by atoms with Crippen molar-refractivity contribution in [2.24, 2.45) is 10.9 Å². The number of isocyanates is 1. The lowest BCUT2D eigenvalue weighted by atomic mass is 9.79. The Balaban J connectivity index is 1.74. The maximum absolute atomic E-state index is 10.5. The van der Waals surface area contributed by atoms with Gasteiger partial charge in [-0.15, -0.1) is 0 Å².